The summed E-state index contributed by atoms with van der Waals surface area (Å²) in [5, 5.41) is 10.2. The first-order chi connectivity index (χ1) is 13.2. The first-order valence-electron chi connectivity index (χ1n) is 8.93. The number of benzene rings is 2. The van der Waals surface area contributed by atoms with Crippen molar-refractivity contribution >= 4 is 28.9 Å². The summed E-state index contributed by atoms with van der Waals surface area (Å²) in [6.07, 6.45) is 6.64. The topological polar surface area (TPSA) is 40.5 Å². The molecule has 3 aromatic rings. The third-order valence-electron chi connectivity index (χ3n) is 4.21. The zero-order valence-corrected chi connectivity index (χ0v) is 16.5. The molecule has 138 valence electrons. The molecule has 0 bridgehead atoms. The number of anilines is 2. The Morgan fingerprint density at radius 1 is 1.19 bits per heavy atom. The van der Waals surface area contributed by atoms with E-state index in [1.54, 1.807) is 16.3 Å². The number of hydrogen-bond donors (Lipinski definition) is 1. The van der Waals surface area contributed by atoms with Crippen LogP contribution in [0, 0.1) is 0 Å². The number of hydrogen-bond acceptors (Lipinski definition) is 5. The van der Waals surface area contributed by atoms with E-state index in [1.165, 1.54) is 16.0 Å². The maximum absolute atomic E-state index is 4.53. The predicted molar refractivity (Wildman–Crippen MR) is 117 cm³/mol. The normalized spacial score (nSPS) is 12.1. The highest BCUT2D eigenvalue weighted by atomic mass is 32.1. The van der Waals surface area contributed by atoms with Crippen LogP contribution in [0.4, 0.5) is 10.8 Å². The number of rotatable bonds is 8. The van der Waals surface area contributed by atoms with Crippen LogP contribution in [0.1, 0.15) is 35.9 Å². The van der Waals surface area contributed by atoms with E-state index >= 15 is 0 Å². The van der Waals surface area contributed by atoms with Crippen LogP contribution >= 0.6 is 11.3 Å². The van der Waals surface area contributed by atoms with Gasteiger partial charge in [-0.2, -0.15) is 5.10 Å². The molecule has 1 aromatic heterocycles. The van der Waals surface area contributed by atoms with Crippen LogP contribution in [0.2, 0.25) is 0 Å². The molecule has 4 nitrogen and oxygen atoms in total. The van der Waals surface area contributed by atoms with Gasteiger partial charge in [-0.15, -0.1) is 11.3 Å². The van der Waals surface area contributed by atoms with Crippen LogP contribution < -0.4 is 10.3 Å². The van der Waals surface area contributed by atoms with Gasteiger partial charge in [0.05, 0.1) is 11.7 Å². The van der Waals surface area contributed by atoms with Crippen molar-refractivity contribution in [3.8, 4) is 0 Å². The highest BCUT2D eigenvalue weighted by Crippen LogP contribution is 2.26. The quantitative estimate of drug-likeness (QED) is 0.395. The fraction of sp³-hybridized carbons (Fsp3) is 0.182. The number of thiazole rings is 1. The van der Waals surface area contributed by atoms with E-state index in [4.69, 9.17) is 0 Å². The van der Waals surface area contributed by atoms with Crippen LogP contribution in [0.3, 0.4) is 0 Å². The van der Waals surface area contributed by atoms with Crippen molar-refractivity contribution in [2.45, 2.75) is 26.3 Å². The molecule has 1 heterocycles. The second-order valence-electron chi connectivity index (χ2n) is 6.22. The van der Waals surface area contributed by atoms with Crippen molar-refractivity contribution in [3.05, 3.63) is 89.1 Å². The van der Waals surface area contributed by atoms with Gasteiger partial charge < -0.3 is 5.32 Å². The number of allylic oxidation sites excluding steroid dienone is 1. The van der Waals surface area contributed by atoms with Crippen molar-refractivity contribution in [3.63, 3.8) is 0 Å². The molecule has 0 aliphatic heterocycles. The lowest BCUT2D eigenvalue weighted by Crippen LogP contribution is -2.05. The molecule has 0 amide bonds. The van der Waals surface area contributed by atoms with E-state index in [-0.39, 0.29) is 6.04 Å². The number of aromatic nitrogens is 1. The Hall–Kier alpha value is -2.92. The molecular weight excluding hydrogens is 352 g/mol. The molecule has 0 spiro atoms. The van der Waals surface area contributed by atoms with Crippen LogP contribution in [0.25, 0.3) is 0 Å². The standard InChI is InChI=1S/C22H24N4S/c1-4-14-26(23-3)20-12-10-18(11-13-20)15-21-16-24-22(27-21)25-17(2)19-8-6-5-7-9-19/h4-14,16-17H,3,15H2,1-2H3,(H,24,25)/b14-4-. The molecule has 0 saturated heterocycles. The Balaban J connectivity index is 1.63. The second-order valence-corrected chi connectivity index (χ2v) is 7.34. The van der Waals surface area contributed by atoms with Crippen molar-refractivity contribution in [2.75, 3.05) is 10.3 Å². The van der Waals surface area contributed by atoms with Gasteiger partial charge in [-0.3, -0.25) is 0 Å². The highest BCUT2D eigenvalue weighted by Gasteiger charge is 2.09. The first kappa shape index (κ1) is 18.9. The van der Waals surface area contributed by atoms with Gasteiger partial charge in [0.2, 0.25) is 0 Å². The average Bonchev–Trinajstić information content (AvgIpc) is 3.14. The van der Waals surface area contributed by atoms with E-state index in [1.807, 2.05) is 31.5 Å². The first-order valence-corrected chi connectivity index (χ1v) is 9.75. The highest BCUT2D eigenvalue weighted by molar-refractivity contribution is 7.15. The van der Waals surface area contributed by atoms with Crippen LogP contribution in [-0.2, 0) is 6.42 Å². The monoisotopic (exact) mass is 376 g/mol. The van der Waals surface area contributed by atoms with Crippen molar-refractivity contribution in [1.82, 2.24) is 4.98 Å². The Morgan fingerprint density at radius 3 is 2.59 bits per heavy atom. The Labute approximate surface area is 164 Å². The smallest absolute Gasteiger partial charge is 0.183 e. The molecule has 0 aliphatic carbocycles. The minimum atomic E-state index is 0.230. The zero-order chi connectivity index (χ0) is 19.1. The zero-order valence-electron chi connectivity index (χ0n) is 15.7. The molecule has 27 heavy (non-hydrogen) atoms. The molecule has 0 fully saturated rings. The molecule has 3 rings (SSSR count). The van der Waals surface area contributed by atoms with E-state index in [0.29, 0.717) is 0 Å². The van der Waals surface area contributed by atoms with Gasteiger partial charge in [-0.1, -0.05) is 48.5 Å². The summed E-state index contributed by atoms with van der Waals surface area (Å²) < 4.78 is 0. The third kappa shape index (κ3) is 5.05. The van der Waals surface area contributed by atoms with E-state index < -0.39 is 0 Å². The molecular formula is C22H24N4S. The van der Waals surface area contributed by atoms with Crippen molar-refractivity contribution in [2.24, 2.45) is 5.10 Å². The van der Waals surface area contributed by atoms with Crippen molar-refractivity contribution in [1.29, 1.82) is 0 Å². The van der Waals surface area contributed by atoms with Crippen LogP contribution in [0.15, 0.2) is 78.2 Å². The van der Waals surface area contributed by atoms with Gasteiger partial charge in [-0.25, -0.2) is 9.99 Å². The van der Waals surface area contributed by atoms with Crippen LogP contribution in [-0.4, -0.2) is 11.7 Å². The maximum Gasteiger partial charge on any atom is 0.183 e. The minimum absolute atomic E-state index is 0.230. The second kappa shape index (κ2) is 9.14. The Morgan fingerprint density at radius 2 is 1.93 bits per heavy atom. The molecule has 1 atom stereocenters. The molecule has 0 aliphatic rings. The number of nitrogens with one attached hydrogen (secondary N) is 1. The van der Waals surface area contributed by atoms with Gasteiger partial charge in [0, 0.05) is 30.4 Å². The summed E-state index contributed by atoms with van der Waals surface area (Å²) in [4.78, 5) is 5.76. The summed E-state index contributed by atoms with van der Waals surface area (Å²) in [7, 11) is 0. The fourth-order valence-corrected chi connectivity index (χ4v) is 3.72. The lowest BCUT2D eigenvalue weighted by molar-refractivity contribution is 0.881. The summed E-state index contributed by atoms with van der Waals surface area (Å²) in [6.45, 7) is 7.72. The molecule has 0 saturated carbocycles. The fourth-order valence-electron chi connectivity index (χ4n) is 2.79. The Kier molecular flexibility index (Phi) is 6.39. The number of hydrazone groups is 1. The van der Waals surface area contributed by atoms with E-state index in [9.17, 15) is 0 Å². The summed E-state index contributed by atoms with van der Waals surface area (Å²) in [5.41, 5.74) is 3.50. The van der Waals surface area contributed by atoms with E-state index in [0.717, 1.165) is 17.2 Å². The molecule has 0 radical (unpaired) electrons. The SMILES string of the molecule is C=NN(/C=C\C)c1ccc(Cc2cnc(NC(C)c3ccccc3)s2)cc1. The van der Waals surface area contributed by atoms with Gasteiger partial charge in [0.15, 0.2) is 5.13 Å². The molecule has 1 unspecified atom stereocenters. The summed E-state index contributed by atoms with van der Waals surface area (Å²) >= 11 is 1.70. The van der Waals surface area contributed by atoms with Gasteiger partial charge in [-0.05, 0) is 37.1 Å². The minimum Gasteiger partial charge on any atom is -0.355 e. The van der Waals surface area contributed by atoms with E-state index in [2.05, 4.69) is 77.6 Å². The van der Waals surface area contributed by atoms with Gasteiger partial charge >= 0.3 is 0 Å². The number of nitrogens with zero attached hydrogens (tertiary/aromatic N) is 3. The lowest BCUT2D eigenvalue weighted by Gasteiger charge is -2.13. The predicted octanol–water partition coefficient (Wildman–Crippen LogP) is 5.86. The largest absolute Gasteiger partial charge is 0.355 e. The Bertz CT molecular complexity index is 884. The molecule has 2 aromatic carbocycles. The average molecular weight is 377 g/mol. The van der Waals surface area contributed by atoms with Gasteiger partial charge in [0.1, 0.15) is 0 Å². The summed E-state index contributed by atoms with van der Waals surface area (Å²) in [5.74, 6) is 0. The van der Waals surface area contributed by atoms with Gasteiger partial charge in [0.25, 0.3) is 0 Å². The molecule has 1 N–H and O–H groups in total. The maximum atomic E-state index is 4.53. The third-order valence-corrected chi connectivity index (χ3v) is 5.14. The van der Waals surface area contributed by atoms with Crippen LogP contribution in [0.5, 0.6) is 0 Å². The molecule has 5 heteroatoms. The lowest BCUT2D eigenvalue weighted by atomic mass is 10.1. The van der Waals surface area contributed by atoms with Crippen molar-refractivity contribution < 1.29 is 0 Å². The summed E-state index contributed by atoms with van der Waals surface area (Å²) in [6, 6.07) is 19.0.